The standard InChI is InChI=1S/C9H15N3O/c10-9(13)12-6-2-5-11-4-1-3-8(12)7-11/h1,4,8H,2-3,5-7H2,(H2,10,13). The third-order valence-electron chi connectivity index (χ3n) is 2.74. The maximum atomic E-state index is 11.1. The third-order valence-corrected chi connectivity index (χ3v) is 2.74. The van der Waals surface area contributed by atoms with Crippen LogP contribution in [0.4, 0.5) is 4.79 Å². The summed E-state index contributed by atoms with van der Waals surface area (Å²) >= 11 is 0. The lowest BCUT2D eigenvalue weighted by Gasteiger charge is -2.32. The summed E-state index contributed by atoms with van der Waals surface area (Å²) in [5.41, 5.74) is 5.32. The van der Waals surface area contributed by atoms with Gasteiger partial charge >= 0.3 is 6.03 Å². The Morgan fingerprint density at radius 3 is 3.08 bits per heavy atom. The summed E-state index contributed by atoms with van der Waals surface area (Å²) in [7, 11) is 0. The molecule has 0 aromatic rings. The van der Waals surface area contributed by atoms with E-state index in [1.54, 1.807) is 4.90 Å². The molecule has 0 aliphatic carbocycles. The Balaban J connectivity index is 2.13. The molecule has 0 aromatic carbocycles. The van der Waals surface area contributed by atoms with Gasteiger partial charge in [-0.15, -0.1) is 0 Å². The number of fused-ring (bicyclic) bond motifs is 2. The monoisotopic (exact) mass is 181 g/mol. The number of carbonyl (C=O) groups is 1. The maximum absolute atomic E-state index is 11.1. The Hall–Kier alpha value is -1.19. The van der Waals surface area contributed by atoms with Crippen molar-refractivity contribution in [2.24, 2.45) is 5.73 Å². The quantitative estimate of drug-likeness (QED) is 0.586. The number of nitrogens with two attached hydrogens (primary N) is 1. The predicted octanol–water partition coefficient (Wildman–Crippen LogP) is 0.359. The largest absolute Gasteiger partial charge is 0.376 e. The molecule has 1 atom stereocenters. The number of hydrogen-bond acceptors (Lipinski definition) is 2. The molecule has 2 rings (SSSR count). The number of primary amides is 1. The Morgan fingerprint density at radius 2 is 2.31 bits per heavy atom. The predicted molar refractivity (Wildman–Crippen MR) is 50.0 cm³/mol. The van der Waals surface area contributed by atoms with Gasteiger partial charge in [-0.3, -0.25) is 0 Å². The fraction of sp³-hybridized carbons (Fsp3) is 0.667. The second kappa shape index (κ2) is 3.28. The van der Waals surface area contributed by atoms with E-state index in [4.69, 9.17) is 5.73 Å². The van der Waals surface area contributed by atoms with Crippen LogP contribution in [0.2, 0.25) is 0 Å². The van der Waals surface area contributed by atoms with Crippen LogP contribution >= 0.6 is 0 Å². The SMILES string of the molecule is NC(=O)N1CCCN2C=CCC1C2. The number of nitrogens with zero attached hydrogens (tertiary/aromatic N) is 2. The Bertz CT molecular complexity index is 239. The van der Waals surface area contributed by atoms with E-state index in [-0.39, 0.29) is 6.03 Å². The van der Waals surface area contributed by atoms with Crippen molar-refractivity contribution in [3.05, 3.63) is 12.3 Å². The molecule has 1 fully saturated rings. The van der Waals surface area contributed by atoms with Gasteiger partial charge in [-0.1, -0.05) is 6.08 Å². The first-order valence-corrected chi connectivity index (χ1v) is 4.74. The highest BCUT2D eigenvalue weighted by Gasteiger charge is 2.27. The molecule has 2 bridgehead atoms. The van der Waals surface area contributed by atoms with Gasteiger partial charge in [0.15, 0.2) is 0 Å². The maximum Gasteiger partial charge on any atom is 0.315 e. The minimum absolute atomic E-state index is 0.276. The zero-order valence-electron chi connectivity index (χ0n) is 7.65. The molecule has 2 aliphatic heterocycles. The second-order valence-electron chi connectivity index (χ2n) is 3.65. The van der Waals surface area contributed by atoms with Crippen molar-refractivity contribution in [1.29, 1.82) is 0 Å². The van der Waals surface area contributed by atoms with Crippen molar-refractivity contribution >= 4 is 6.03 Å². The number of hydrogen-bond donors (Lipinski definition) is 1. The van der Waals surface area contributed by atoms with Crippen LogP contribution in [0.25, 0.3) is 0 Å². The van der Waals surface area contributed by atoms with Crippen molar-refractivity contribution in [2.45, 2.75) is 18.9 Å². The summed E-state index contributed by atoms with van der Waals surface area (Å²) in [5, 5.41) is 0. The van der Waals surface area contributed by atoms with Crippen LogP contribution in [-0.2, 0) is 0 Å². The smallest absolute Gasteiger partial charge is 0.315 e. The molecule has 1 saturated heterocycles. The summed E-state index contributed by atoms with van der Waals surface area (Å²) in [6.45, 7) is 2.79. The van der Waals surface area contributed by atoms with Crippen LogP contribution in [0.15, 0.2) is 12.3 Å². The molecule has 4 nitrogen and oxygen atoms in total. The third kappa shape index (κ3) is 1.61. The first-order valence-electron chi connectivity index (χ1n) is 4.74. The summed E-state index contributed by atoms with van der Waals surface area (Å²) in [5.74, 6) is 0. The van der Waals surface area contributed by atoms with E-state index < -0.39 is 0 Å². The lowest BCUT2D eigenvalue weighted by molar-refractivity contribution is 0.180. The zero-order chi connectivity index (χ0) is 9.26. The zero-order valence-corrected chi connectivity index (χ0v) is 7.65. The van der Waals surface area contributed by atoms with E-state index >= 15 is 0 Å². The molecule has 2 amide bonds. The molecule has 0 radical (unpaired) electrons. The number of urea groups is 1. The van der Waals surface area contributed by atoms with Crippen molar-refractivity contribution in [3.8, 4) is 0 Å². The van der Waals surface area contributed by atoms with Crippen LogP contribution in [-0.4, -0.2) is 41.5 Å². The fourth-order valence-electron chi connectivity index (χ4n) is 2.08. The fourth-order valence-corrected chi connectivity index (χ4v) is 2.08. The van der Waals surface area contributed by atoms with Crippen LogP contribution in [0, 0.1) is 0 Å². The number of amides is 2. The van der Waals surface area contributed by atoms with Crippen LogP contribution in [0.3, 0.4) is 0 Å². The topological polar surface area (TPSA) is 49.6 Å². The lowest BCUT2D eigenvalue weighted by atomic mass is 10.1. The molecule has 4 heteroatoms. The first kappa shape index (κ1) is 8.41. The van der Waals surface area contributed by atoms with Gasteiger partial charge in [0.1, 0.15) is 0 Å². The van der Waals surface area contributed by atoms with Crippen LogP contribution < -0.4 is 5.73 Å². The highest BCUT2D eigenvalue weighted by atomic mass is 16.2. The van der Waals surface area contributed by atoms with Gasteiger partial charge in [-0.25, -0.2) is 4.79 Å². The van der Waals surface area contributed by atoms with E-state index in [2.05, 4.69) is 17.2 Å². The van der Waals surface area contributed by atoms with Crippen molar-refractivity contribution in [1.82, 2.24) is 9.80 Å². The van der Waals surface area contributed by atoms with Gasteiger partial charge in [0, 0.05) is 19.6 Å². The molecule has 2 aliphatic rings. The molecule has 0 saturated carbocycles. The molecule has 1 unspecified atom stereocenters. The van der Waals surface area contributed by atoms with E-state index in [0.717, 1.165) is 32.5 Å². The Labute approximate surface area is 78.0 Å². The van der Waals surface area contributed by atoms with Gasteiger partial charge in [0.25, 0.3) is 0 Å². The highest BCUT2D eigenvalue weighted by Crippen LogP contribution is 2.17. The van der Waals surface area contributed by atoms with Crippen LogP contribution in [0.5, 0.6) is 0 Å². The van der Waals surface area contributed by atoms with Gasteiger partial charge in [0.2, 0.25) is 0 Å². The minimum Gasteiger partial charge on any atom is -0.376 e. The molecule has 72 valence electrons. The van der Waals surface area contributed by atoms with E-state index in [1.807, 2.05) is 0 Å². The van der Waals surface area contributed by atoms with E-state index in [1.165, 1.54) is 0 Å². The molecule has 0 aromatic heterocycles. The minimum atomic E-state index is -0.276. The van der Waals surface area contributed by atoms with Gasteiger partial charge in [0.05, 0.1) is 6.04 Å². The molecule has 0 spiro atoms. The van der Waals surface area contributed by atoms with Crippen molar-refractivity contribution < 1.29 is 4.79 Å². The molecule has 13 heavy (non-hydrogen) atoms. The van der Waals surface area contributed by atoms with Gasteiger partial charge in [-0.2, -0.15) is 0 Å². The average Bonchev–Trinajstić information content (AvgIpc) is 2.25. The first-order chi connectivity index (χ1) is 6.27. The van der Waals surface area contributed by atoms with Gasteiger partial charge in [-0.05, 0) is 19.0 Å². The number of rotatable bonds is 0. The van der Waals surface area contributed by atoms with Crippen molar-refractivity contribution in [2.75, 3.05) is 19.6 Å². The van der Waals surface area contributed by atoms with Crippen LogP contribution in [0.1, 0.15) is 12.8 Å². The molecule has 2 N–H and O–H groups in total. The molecule has 2 heterocycles. The van der Waals surface area contributed by atoms with E-state index in [9.17, 15) is 4.79 Å². The normalized spacial score (nSPS) is 27.2. The molecular weight excluding hydrogens is 166 g/mol. The second-order valence-corrected chi connectivity index (χ2v) is 3.65. The Morgan fingerprint density at radius 1 is 1.46 bits per heavy atom. The molecular formula is C9H15N3O. The Kier molecular flexibility index (Phi) is 2.12. The lowest BCUT2D eigenvalue weighted by Crippen LogP contribution is -2.47. The summed E-state index contributed by atoms with van der Waals surface area (Å²) in [4.78, 5) is 15.2. The van der Waals surface area contributed by atoms with E-state index in [0.29, 0.717) is 6.04 Å². The summed E-state index contributed by atoms with van der Waals surface area (Å²) in [6, 6.07) is 0.0205. The average molecular weight is 181 g/mol. The van der Waals surface area contributed by atoms with Crippen molar-refractivity contribution in [3.63, 3.8) is 0 Å². The summed E-state index contributed by atoms with van der Waals surface area (Å²) < 4.78 is 0. The summed E-state index contributed by atoms with van der Waals surface area (Å²) in [6.07, 6.45) is 6.21. The highest BCUT2D eigenvalue weighted by molar-refractivity contribution is 5.72. The number of carbonyl (C=O) groups excluding carboxylic acids is 1. The van der Waals surface area contributed by atoms with Gasteiger partial charge < -0.3 is 15.5 Å².